The average molecular weight is 350 g/mol. The smallest absolute Gasteiger partial charge is 0.303 e. The molecule has 1 aliphatic rings. The van der Waals surface area contributed by atoms with Gasteiger partial charge in [-0.05, 0) is 43.6 Å². The van der Waals surface area contributed by atoms with E-state index in [1.54, 1.807) is 7.11 Å². The lowest BCUT2D eigenvalue weighted by Gasteiger charge is -2.17. The van der Waals surface area contributed by atoms with Crippen molar-refractivity contribution in [2.75, 3.05) is 33.4 Å². The molecule has 0 atom stereocenters. The highest BCUT2D eigenvalue weighted by atomic mass is 16.5. The summed E-state index contributed by atoms with van der Waals surface area (Å²) in [5.41, 5.74) is 0.876. The van der Waals surface area contributed by atoms with Gasteiger partial charge in [0, 0.05) is 19.5 Å². The first-order valence-electron chi connectivity index (χ1n) is 8.59. The van der Waals surface area contributed by atoms with E-state index in [9.17, 15) is 9.59 Å². The van der Waals surface area contributed by atoms with Crippen LogP contribution in [0.3, 0.4) is 0 Å². The van der Waals surface area contributed by atoms with Crippen LogP contribution >= 0.6 is 0 Å². The fourth-order valence-corrected chi connectivity index (χ4v) is 2.74. The second-order valence-electron chi connectivity index (χ2n) is 6.05. The quantitative estimate of drug-likeness (QED) is 0.667. The van der Waals surface area contributed by atoms with Gasteiger partial charge in [0.05, 0.1) is 13.5 Å². The highest BCUT2D eigenvalue weighted by molar-refractivity contribution is 5.80. The zero-order chi connectivity index (χ0) is 18.1. The van der Waals surface area contributed by atoms with Crippen LogP contribution in [-0.2, 0) is 16.1 Å². The van der Waals surface area contributed by atoms with Crippen LogP contribution in [0.1, 0.15) is 31.2 Å². The fraction of sp³-hybridized carbons (Fsp3) is 0.556. The molecule has 138 valence electrons. The van der Waals surface area contributed by atoms with Crippen LogP contribution in [0.2, 0.25) is 0 Å². The Balaban J connectivity index is 1.84. The van der Waals surface area contributed by atoms with Crippen LogP contribution in [0.25, 0.3) is 0 Å². The number of ether oxygens (including phenoxy) is 2. The Kier molecular flexibility index (Phi) is 7.53. The molecule has 1 saturated heterocycles. The van der Waals surface area contributed by atoms with Gasteiger partial charge in [-0.1, -0.05) is 6.07 Å². The van der Waals surface area contributed by atoms with E-state index >= 15 is 0 Å². The zero-order valence-electron chi connectivity index (χ0n) is 14.6. The molecule has 1 aromatic carbocycles. The molecule has 0 aliphatic carbocycles. The SMILES string of the molecule is COc1ccc(CNC(=O)CCC(=O)O)cc1OCCN1CCCC1. The molecule has 25 heavy (non-hydrogen) atoms. The Bertz CT molecular complexity index is 585. The maximum Gasteiger partial charge on any atom is 0.303 e. The van der Waals surface area contributed by atoms with E-state index in [1.807, 2.05) is 18.2 Å². The van der Waals surface area contributed by atoms with E-state index in [1.165, 1.54) is 12.8 Å². The summed E-state index contributed by atoms with van der Waals surface area (Å²) < 4.78 is 11.2. The minimum atomic E-state index is -0.978. The third-order valence-corrected chi connectivity index (χ3v) is 4.15. The van der Waals surface area contributed by atoms with Gasteiger partial charge < -0.3 is 19.9 Å². The number of likely N-dealkylation sites (tertiary alicyclic amines) is 1. The van der Waals surface area contributed by atoms with Crippen LogP contribution in [0.4, 0.5) is 0 Å². The van der Waals surface area contributed by atoms with Crippen LogP contribution in [0.5, 0.6) is 11.5 Å². The Labute approximate surface area is 147 Å². The van der Waals surface area contributed by atoms with Crippen molar-refractivity contribution in [3.05, 3.63) is 23.8 Å². The molecule has 7 nitrogen and oxygen atoms in total. The lowest BCUT2D eigenvalue weighted by atomic mass is 10.2. The Morgan fingerprint density at radius 3 is 2.64 bits per heavy atom. The molecule has 2 N–H and O–H groups in total. The van der Waals surface area contributed by atoms with E-state index in [4.69, 9.17) is 14.6 Å². The summed E-state index contributed by atoms with van der Waals surface area (Å²) >= 11 is 0. The average Bonchev–Trinajstić information content (AvgIpc) is 3.11. The lowest BCUT2D eigenvalue weighted by Crippen LogP contribution is -2.25. The number of carboxylic acids is 1. The molecule has 0 saturated carbocycles. The molecule has 1 heterocycles. The summed E-state index contributed by atoms with van der Waals surface area (Å²) in [7, 11) is 1.59. The number of methoxy groups -OCH3 is 1. The van der Waals surface area contributed by atoms with Crippen LogP contribution in [0.15, 0.2) is 18.2 Å². The third kappa shape index (κ3) is 6.62. The Hall–Kier alpha value is -2.28. The second-order valence-corrected chi connectivity index (χ2v) is 6.05. The van der Waals surface area contributed by atoms with Crippen molar-refractivity contribution in [1.82, 2.24) is 10.2 Å². The van der Waals surface area contributed by atoms with E-state index in [2.05, 4.69) is 10.2 Å². The summed E-state index contributed by atoms with van der Waals surface area (Å²) in [5, 5.41) is 11.3. The summed E-state index contributed by atoms with van der Waals surface area (Å²) in [6.07, 6.45) is 2.31. The third-order valence-electron chi connectivity index (χ3n) is 4.15. The number of nitrogens with zero attached hydrogens (tertiary/aromatic N) is 1. The molecule has 0 unspecified atom stereocenters. The minimum absolute atomic E-state index is 0.0231. The van der Waals surface area contributed by atoms with Crippen molar-refractivity contribution < 1.29 is 24.2 Å². The number of benzene rings is 1. The summed E-state index contributed by atoms with van der Waals surface area (Å²) in [6, 6.07) is 5.51. The van der Waals surface area contributed by atoms with Crippen LogP contribution in [-0.4, -0.2) is 55.2 Å². The van der Waals surface area contributed by atoms with E-state index in [0.717, 1.165) is 25.2 Å². The number of amides is 1. The maximum absolute atomic E-state index is 11.6. The van der Waals surface area contributed by atoms with Crippen LogP contribution in [0, 0.1) is 0 Å². The number of hydrogen-bond donors (Lipinski definition) is 2. The van der Waals surface area contributed by atoms with Crippen molar-refractivity contribution >= 4 is 11.9 Å². The molecule has 7 heteroatoms. The monoisotopic (exact) mass is 350 g/mol. The van der Waals surface area contributed by atoms with Gasteiger partial charge in [-0.3, -0.25) is 14.5 Å². The van der Waals surface area contributed by atoms with Gasteiger partial charge >= 0.3 is 5.97 Å². The van der Waals surface area contributed by atoms with Gasteiger partial charge in [0.25, 0.3) is 0 Å². The minimum Gasteiger partial charge on any atom is -0.493 e. The van der Waals surface area contributed by atoms with Gasteiger partial charge in [-0.25, -0.2) is 0 Å². The number of hydrogen-bond acceptors (Lipinski definition) is 5. The molecule has 0 spiro atoms. The molecule has 0 aromatic heterocycles. The van der Waals surface area contributed by atoms with E-state index in [-0.39, 0.29) is 18.7 Å². The summed E-state index contributed by atoms with van der Waals surface area (Å²) in [4.78, 5) is 24.5. The molecular weight excluding hydrogens is 324 g/mol. The largest absolute Gasteiger partial charge is 0.493 e. The molecule has 0 bridgehead atoms. The lowest BCUT2D eigenvalue weighted by molar-refractivity contribution is -0.138. The zero-order valence-corrected chi connectivity index (χ0v) is 14.6. The normalized spacial score (nSPS) is 14.3. The number of carboxylic acid groups (broad SMARTS) is 1. The van der Waals surface area contributed by atoms with Gasteiger partial charge in [-0.15, -0.1) is 0 Å². The molecule has 0 radical (unpaired) electrons. The maximum atomic E-state index is 11.6. The van der Waals surface area contributed by atoms with E-state index in [0.29, 0.717) is 24.7 Å². The van der Waals surface area contributed by atoms with Gasteiger partial charge in [0.2, 0.25) is 5.91 Å². The van der Waals surface area contributed by atoms with Gasteiger partial charge in [0.1, 0.15) is 6.61 Å². The fourth-order valence-electron chi connectivity index (χ4n) is 2.74. The van der Waals surface area contributed by atoms with Crippen molar-refractivity contribution in [3.8, 4) is 11.5 Å². The Morgan fingerprint density at radius 2 is 1.96 bits per heavy atom. The molecule has 1 fully saturated rings. The number of aliphatic carboxylic acids is 1. The highest BCUT2D eigenvalue weighted by Gasteiger charge is 2.12. The number of rotatable bonds is 10. The molecule has 1 amide bonds. The first-order chi connectivity index (χ1) is 12.1. The topological polar surface area (TPSA) is 88.1 Å². The number of carbonyl (C=O) groups excluding carboxylic acids is 1. The first kappa shape index (κ1) is 19.1. The van der Waals surface area contributed by atoms with Crippen LogP contribution < -0.4 is 14.8 Å². The molecular formula is C18H26N2O5. The number of carbonyl (C=O) groups is 2. The molecule has 1 aromatic rings. The first-order valence-corrected chi connectivity index (χ1v) is 8.59. The van der Waals surface area contributed by atoms with Gasteiger partial charge in [-0.2, -0.15) is 0 Å². The second kappa shape index (κ2) is 9.88. The van der Waals surface area contributed by atoms with Crippen molar-refractivity contribution in [2.45, 2.75) is 32.2 Å². The molecule has 2 rings (SSSR count). The van der Waals surface area contributed by atoms with Crippen molar-refractivity contribution in [3.63, 3.8) is 0 Å². The summed E-state index contributed by atoms with van der Waals surface area (Å²) in [6.45, 7) is 4.06. The Morgan fingerprint density at radius 1 is 1.20 bits per heavy atom. The summed E-state index contributed by atoms with van der Waals surface area (Å²) in [5.74, 6) is 0.0457. The number of nitrogens with one attached hydrogen (secondary N) is 1. The van der Waals surface area contributed by atoms with Gasteiger partial charge in [0.15, 0.2) is 11.5 Å². The van der Waals surface area contributed by atoms with E-state index < -0.39 is 5.97 Å². The standard InChI is InChI=1S/C18H26N2O5/c1-24-15-5-4-14(13-19-17(21)6-7-18(22)23)12-16(15)25-11-10-20-8-2-3-9-20/h4-5,12H,2-3,6-11,13H2,1H3,(H,19,21)(H,22,23). The highest BCUT2D eigenvalue weighted by Crippen LogP contribution is 2.28. The predicted molar refractivity (Wildman–Crippen MR) is 92.9 cm³/mol. The van der Waals surface area contributed by atoms with Crippen molar-refractivity contribution in [2.24, 2.45) is 0 Å². The predicted octanol–water partition coefficient (Wildman–Crippen LogP) is 1.65. The van der Waals surface area contributed by atoms with Crippen molar-refractivity contribution in [1.29, 1.82) is 0 Å². The molecule has 1 aliphatic heterocycles.